The van der Waals surface area contributed by atoms with Crippen molar-refractivity contribution in [1.29, 1.82) is 0 Å². The van der Waals surface area contributed by atoms with Crippen LogP contribution in [0.5, 0.6) is 5.75 Å². The molecule has 0 saturated carbocycles. The molecule has 0 bridgehead atoms. The molecule has 2 rings (SSSR count). The van der Waals surface area contributed by atoms with Gasteiger partial charge in [-0.1, -0.05) is 0 Å². The zero-order chi connectivity index (χ0) is 11.7. The van der Waals surface area contributed by atoms with Gasteiger partial charge in [0, 0.05) is 18.4 Å². The molecular weight excluding hydrogens is 278 g/mol. The van der Waals surface area contributed by atoms with Crippen LogP contribution in [0.2, 0.25) is 0 Å². The number of halogens is 1. The Morgan fingerprint density at radius 1 is 1.29 bits per heavy atom. The topological polar surface area (TPSA) is 24.1 Å². The van der Waals surface area contributed by atoms with E-state index in [0.29, 0.717) is 6.54 Å². The first-order valence-corrected chi connectivity index (χ1v) is 5.19. The fourth-order valence-corrected chi connectivity index (χ4v) is 2.04. The Morgan fingerprint density at radius 2 is 2.00 bits per heavy atom. The van der Waals surface area contributed by atoms with Crippen molar-refractivity contribution in [2.45, 2.75) is 20.4 Å². The first kappa shape index (κ1) is 13.5. The average Bonchev–Trinajstić information content (AvgIpc) is 2.23. The zero-order valence-electron chi connectivity index (χ0n) is 9.87. The molecule has 0 aliphatic heterocycles. The summed E-state index contributed by atoms with van der Waals surface area (Å²) in [5, 5.41) is 10.7. The molecule has 88 valence electrons. The maximum absolute atomic E-state index is 9.54. The number of terminal acetylenes is 1. The van der Waals surface area contributed by atoms with Crippen molar-refractivity contribution in [3.63, 3.8) is 0 Å². The van der Waals surface area contributed by atoms with Crippen molar-refractivity contribution in [1.82, 2.24) is 0 Å². The maximum Gasteiger partial charge on any atom is 0.217 e. The molecule has 1 aromatic carbocycles. The number of aromatic hydroxyl groups is 1. The van der Waals surface area contributed by atoms with Gasteiger partial charge in [-0.25, -0.2) is 0 Å². The van der Waals surface area contributed by atoms with E-state index in [4.69, 9.17) is 6.42 Å². The van der Waals surface area contributed by atoms with E-state index in [1.165, 1.54) is 5.56 Å². The van der Waals surface area contributed by atoms with E-state index in [1.807, 2.05) is 17.6 Å². The predicted octanol–water partition coefficient (Wildman–Crippen LogP) is -0.913. The Kier molecular flexibility index (Phi) is 4.14. The Bertz CT molecular complexity index is 599. The van der Waals surface area contributed by atoms with Gasteiger partial charge in [0.25, 0.3) is 0 Å². The van der Waals surface area contributed by atoms with E-state index in [-0.39, 0.29) is 22.7 Å². The van der Waals surface area contributed by atoms with E-state index >= 15 is 0 Å². The van der Waals surface area contributed by atoms with Crippen molar-refractivity contribution in [2.75, 3.05) is 0 Å². The molecule has 1 heterocycles. The third-order valence-electron chi connectivity index (χ3n) is 2.80. The summed E-state index contributed by atoms with van der Waals surface area (Å²) >= 11 is 0. The molecule has 0 saturated heterocycles. The van der Waals surface area contributed by atoms with Crippen LogP contribution >= 0.6 is 0 Å². The Morgan fingerprint density at radius 3 is 2.65 bits per heavy atom. The van der Waals surface area contributed by atoms with Crippen molar-refractivity contribution in [2.24, 2.45) is 0 Å². The van der Waals surface area contributed by atoms with Crippen LogP contribution in [0.1, 0.15) is 11.3 Å². The molecular formula is C14H14BrNO. The Labute approximate surface area is 112 Å². The molecule has 0 spiro atoms. The van der Waals surface area contributed by atoms with Gasteiger partial charge in [-0.05, 0) is 30.5 Å². The number of aromatic nitrogens is 1. The van der Waals surface area contributed by atoms with Gasteiger partial charge in [0.05, 0.1) is 6.07 Å². The number of hydrogen-bond acceptors (Lipinski definition) is 1. The van der Waals surface area contributed by atoms with Crippen molar-refractivity contribution >= 4 is 10.9 Å². The largest absolute Gasteiger partial charge is 1.00 e. The fraction of sp³-hybridized carbons (Fsp3) is 0.214. The summed E-state index contributed by atoms with van der Waals surface area (Å²) in [5.41, 5.74) is 3.28. The molecule has 0 radical (unpaired) electrons. The number of fused-ring (bicyclic) bond motifs is 1. The van der Waals surface area contributed by atoms with Crippen LogP contribution in [0, 0.1) is 26.2 Å². The van der Waals surface area contributed by atoms with Gasteiger partial charge >= 0.3 is 0 Å². The van der Waals surface area contributed by atoms with Gasteiger partial charge in [-0.15, -0.1) is 6.42 Å². The number of phenolic OH excluding ortho intramolecular Hbond substituents is 1. The van der Waals surface area contributed by atoms with Crippen LogP contribution in [0.3, 0.4) is 0 Å². The lowest BCUT2D eigenvalue weighted by Gasteiger charge is -2.05. The fourth-order valence-electron chi connectivity index (χ4n) is 2.04. The van der Waals surface area contributed by atoms with Crippen LogP contribution < -0.4 is 21.5 Å². The monoisotopic (exact) mass is 291 g/mol. The zero-order valence-corrected chi connectivity index (χ0v) is 11.5. The summed E-state index contributed by atoms with van der Waals surface area (Å²) < 4.78 is 2.03. The second-order valence-electron chi connectivity index (χ2n) is 3.96. The number of hydrogen-bond donors (Lipinski definition) is 1. The van der Waals surface area contributed by atoms with Crippen molar-refractivity contribution in [3.05, 3.63) is 35.5 Å². The molecule has 1 N–H and O–H groups in total. The van der Waals surface area contributed by atoms with Crippen LogP contribution in [-0.4, -0.2) is 5.11 Å². The normalized spacial score (nSPS) is 9.71. The molecule has 2 aromatic rings. The minimum atomic E-state index is 0. The average molecular weight is 292 g/mol. The molecule has 1 aromatic heterocycles. The van der Waals surface area contributed by atoms with Crippen LogP contribution in [0.15, 0.2) is 24.3 Å². The third-order valence-corrected chi connectivity index (χ3v) is 2.80. The van der Waals surface area contributed by atoms with Gasteiger partial charge in [0.2, 0.25) is 12.1 Å². The number of pyridine rings is 1. The van der Waals surface area contributed by atoms with Gasteiger partial charge in [0.1, 0.15) is 5.75 Å². The van der Waals surface area contributed by atoms with Gasteiger partial charge in [-0.2, -0.15) is 4.57 Å². The number of phenols is 1. The number of rotatable bonds is 1. The first-order chi connectivity index (χ1) is 7.63. The number of aryl methyl sites for hydroxylation is 2. The van der Waals surface area contributed by atoms with Gasteiger partial charge in [-0.3, -0.25) is 0 Å². The Balaban J connectivity index is 0.00000144. The summed E-state index contributed by atoms with van der Waals surface area (Å²) in [6.45, 7) is 4.60. The van der Waals surface area contributed by atoms with E-state index in [2.05, 4.69) is 18.9 Å². The lowest BCUT2D eigenvalue weighted by Crippen LogP contribution is -3.00. The quantitative estimate of drug-likeness (QED) is 0.534. The van der Waals surface area contributed by atoms with Crippen LogP contribution in [0.4, 0.5) is 0 Å². The van der Waals surface area contributed by atoms with Crippen LogP contribution in [0.25, 0.3) is 10.9 Å². The van der Waals surface area contributed by atoms with Gasteiger partial charge in [0.15, 0.2) is 5.69 Å². The number of benzene rings is 1. The standard InChI is InChI=1S/C14H13NO.BrH/c1-4-7-15-11(3)8-10(2)13-6-5-12(16)9-14(13)15;/h1,5-6,8-9H,7H2,2-3H3;1H. The lowest BCUT2D eigenvalue weighted by atomic mass is 10.1. The Hall–Kier alpha value is -1.53. The molecule has 0 unspecified atom stereocenters. The predicted molar refractivity (Wildman–Crippen MR) is 64.1 cm³/mol. The van der Waals surface area contributed by atoms with Crippen LogP contribution in [-0.2, 0) is 6.54 Å². The highest BCUT2D eigenvalue weighted by atomic mass is 79.9. The molecule has 3 heteroatoms. The second kappa shape index (κ2) is 5.20. The molecule has 0 fully saturated rings. The first-order valence-electron chi connectivity index (χ1n) is 5.19. The highest BCUT2D eigenvalue weighted by Gasteiger charge is 2.14. The molecule has 0 atom stereocenters. The summed E-state index contributed by atoms with van der Waals surface area (Å²) in [6, 6.07) is 7.49. The number of nitrogens with zero attached hydrogens (tertiary/aromatic N) is 1. The summed E-state index contributed by atoms with van der Waals surface area (Å²) in [4.78, 5) is 0. The van der Waals surface area contributed by atoms with Crippen molar-refractivity contribution < 1.29 is 26.7 Å². The summed E-state index contributed by atoms with van der Waals surface area (Å²) in [5.74, 6) is 2.90. The molecule has 17 heavy (non-hydrogen) atoms. The molecule has 2 nitrogen and oxygen atoms in total. The van der Waals surface area contributed by atoms with E-state index in [9.17, 15) is 5.11 Å². The minimum absolute atomic E-state index is 0. The summed E-state index contributed by atoms with van der Waals surface area (Å²) in [6.07, 6.45) is 5.36. The summed E-state index contributed by atoms with van der Waals surface area (Å²) in [7, 11) is 0. The highest BCUT2D eigenvalue weighted by Crippen LogP contribution is 2.20. The maximum atomic E-state index is 9.54. The van der Waals surface area contributed by atoms with Gasteiger partial charge < -0.3 is 22.1 Å². The van der Waals surface area contributed by atoms with E-state index < -0.39 is 0 Å². The molecule has 0 amide bonds. The molecule has 0 aliphatic rings. The molecule has 0 aliphatic carbocycles. The van der Waals surface area contributed by atoms with Crippen molar-refractivity contribution in [3.8, 4) is 18.1 Å². The van der Waals surface area contributed by atoms with E-state index in [1.54, 1.807) is 12.1 Å². The second-order valence-corrected chi connectivity index (χ2v) is 3.96. The smallest absolute Gasteiger partial charge is 0.217 e. The third kappa shape index (κ3) is 2.42. The van der Waals surface area contributed by atoms with E-state index in [0.717, 1.165) is 16.6 Å². The lowest BCUT2D eigenvalue weighted by molar-refractivity contribution is -0.664. The minimum Gasteiger partial charge on any atom is -1.00 e. The highest BCUT2D eigenvalue weighted by molar-refractivity contribution is 5.80. The SMILES string of the molecule is C#CC[n+]1c(C)cc(C)c2ccc(O)cc21.[Br-].